The van der Waals surface area contributed by atoms with Crippen molar-refractivity contribution in [2.75, 3.05) is 0 Å². The maximum absolute atomic E-state index is 8.56. The molecule has 0 aliphatic heterocycles. The highest BCUT2D eigenvalue weighted by Crippen LogP contribution is 2.36. The van der Waals surface area contributed by atoms with Crippen LogP contribution < -0.4 is 0 Å². The highest BCUT2D eigenvalue weighted by atomic mass is 16.3. The molecule has 0 amide bonds. The van der Waals surface area contributed by atoms with Crippen LogP contribution in [0.1, 0.15) is 6.85 Å². The van der Waals surface area contributed by atoms with Gasteiger partial charge in [0, 0.05) is 43.9 Å². The number of hydrogen-bond donors (Lipinski definition) is 0. The fourth-order valence-electron chi connectivity index (χ4n) is 5.94. The Kier molecular flexibility index (Phi) is 4.42. The first kappa shape index (κ1) is 19.9. The third-order valence-electron chi connectivity index (χ3n) is 7.94. The summed E-state index contributed by atoms with van der Waals surface area (Å²) in [6.45, 7) is 0. The van der Waals surface area contributed by atoms with E-state index in [1.807, 2.05) is 54.6 Å². The van der Waals surface area contributed by atoms with Gasteiger partial charge < -0.3 is 8.98 Å². The minimum absolute atomic E-state index is 0.0126. The number of aromatic nitrogens is 4. The predicted molar refractivity (Wildman–Crippen MR) is 178 cm³/mol. The Morgan fingerprint density at radius 3 is 1.84 bits per heavy atom. The highest BCUT2D eigenvalue weighted by molar-refractivity contribution is 6.10. The Bertz CT molecular complexity index is 2710. The molecule has 0 unspecified atom stereocenters. The van der Waals surface area contributed by atoms with Crippen LogP contribution >= 0.6 is 0 Å². The number of para-hydroxylation sites is 2. The summed E-state index contributed by atoms with van der Waals surface area (Å²) in [6, 6.07) is 35.9. The minimum atomic E-state index is -0.479. The van der Waals surface area contributed by atoms with E-state index in [0.29, 0.717) is 22.5 Å². The van der Waals surface area contributed by atoms with Gasteiger partial charge in [-0.2, -0.15) is 0 Å². The molecule has 0 aliphatic carbocycles. The van der Waals surface area contributed by atoms with Gasteiger partial charge in [0.15, 0.2) is 17.5 Å². The molecule has 0 radical (unpaired) electrons. The molecular formula is C39H24N4O. The molecule has 3 aromatic heterocycles. The average molecular weight is 570 g/mol. The molecule has 44 heavy (non-hydrogen) atoms. The van der Waals surface area contributed by atoms with Gasteiger partial charge in [-0.05, 0) is 42.5 Å². The fraction of sp³-hybridized carbons (Fsp3) is 0. The molecular weight excluding hydrogens is 540 g/mol. The molecule has 0 saturated heterocycles. The summed E-state index contributed by atoms with van der Waals surface area (Å²) in [6.07, 6.45) is 0. The molecule has 6 aromatic carbocycles. The predicted octanol–water partition coefficient (Wildman–Crippen LogP) is 9.87. The van der Waals surface area contributed by atoms with Crippen LogP contribution in [0.15, 0.2) is 150 Å². The molecule has 9 rings (SSSR count). The molecule has 206 valence electrons. The average Bonchev–Trinajstić information content (AvgIpc) is 3.68. The normalized spacial score (nSPS) is 13.2. The number of furan rings is 1. The second-order valence-electron chi connectivity index (χ2n) is 10.5. The lowest BCUT2D eigenvalue weighted by atomic mass is 10.1. The van der Waals surface area contributed by atoms with Gasteiger partial charge in [-0.15, -0.1) is 0 Å². The molecule has 0 spiro atoms. The molecule has 0 saturated carbocycles. The Morgan fingerprint density at radius 1 is 0.477 bits per heavy atom. The van der Waals surface area contributed by atoms with Gasteiger partial charge in [0.1, 0.15) is 11.2 Å². The van der Waals surface area contributed by atoms with E-state index in [9.17, 15) is 0 Å². The summed E-state index contributed by atoms with van der Waals surface area (Å²) in [7, 11) is 0. The molecule has 0 aliphatic rings. The van der Waals surface area contributed by atoms with Gasteiger partial charge >= 0.3 is 0 Å². The zero-order chi connectivity index (χ0) is 33.4. The molecule has 0 atom stereocenters. The molecule has 0 N–H and O–H groups in total. The van der Waals surface area contributed by atoms with E-state index in [4.69, 9.17) is 16.3 Å². The fourth-order valence-corrected chi connectivity index (χ4v) is 5.94. The largest absolute Gasteiger partial charge is 0.456 e. The summed E-state index contributed by atoms with van der Waals surface area (Å²) in [4.78, 5) is 14.0. The monoisotopic (exact) mass is 569 g/mol. The van der Waals surface area contributed by atoms with E-state index in [1.165, 1.54) is 10.8 Å². The molecule has 0 bridgehead atoms. The second-order valence-corrected chi connectivity index (χ2v) is 10.5. The smallest absolute Gasteiger partial charge is 0.164 e. The van der Waals surface area contributed by atoms with Crippen LogP contribution in [0.2, 0.25) is 0 Å². The first-order valence-corrected chi connectivity index (χ1v) is 14.2. The quantitative estimate of drug-likeness (QED) is 0.212. The lowest BCUT2D eigenvalue weighted by Crippen LogP contribution is -2.00. The molecule has 5 nitrogen and oxygen atoms in total. The Morgan fingerprint density at radius 2 is 1.11 bits per heavy atom. The maximum atomic E-state index is 8.56. The first-order valence-electron chi connectivity index (χ1n) is 16.7. The second kappa shape index (κ2) is 9.75. The van der Waals surface area contributed by atoms with E-state index in [0.717, 1.165) is 33.1 Å². The van der Waals surface area contributed by atoms with Gasteiger partial charge in [0.2, 0.25) is 0 Å². The topological polar surface area (TPSA) is 56.7 Å². The van der Waals surface area contributed by atoms with Crippen molar-refractivity contribution in [3.8, 4) is 39.9 Å². The third-order valence-corrected chi connectivity index (χ3v) is 7.94. The number of nitrogens with zero attached hydrogens (tertiary/aromatic N) is 4. The molecule has 0 fully saturated rings. The van der Waals surface area contributed by atoms with Crippen LogP contribution in [-0.4, -0.2) is 19.5 Å². The standard InChI is InChI=1S/C39H24N4O/c1-3-11-25(12-4-1)37-40-38(26-13-5-2-6-14-26)42-39(41-37)27-19-21-31-32-24-28(20-22-35(32)44-36(31)23-27)43-33-17-9-7-15-29(33)30-16-8-10-18-34(30)43/h1-24H/i1D,3D,4D,11D,12D. The van der Waals surface area contributed by atoms with Crippen LogP contribution in [0.5, 0.6) is 0 Å². The van der Waals surface area contributed by atoms with Crippen molar-refractivity contribution in [2.45, 2.75) is 0 Å². The summed E-state index contributed by atoms with van der Waals surface area (Å²) in [5.41, 5.74) is 5.87. The van der Waals surface area contributed by atoms with Crippen LogP contribution in [0.3, 0.4) is 0 Å². The number of benzene rings is 6. The highest BCUT2D eigenvalue weighted by Gasteiger charge is 2.16. The summed E-state index contributed by atoms with van der Waals surface area (Å²) >= 11 is 0. The van der Waals surface area contributed by atoms with Crippen molar-refractivity contribution in [1.29, 1.82) is 0 Å². The number of fused-ring (bicyclic) bond motifs is 6. The zero-order valence-electron chi connectivity index (χ0n) is 28.2. The summed E-state index contributed by atoms with van der Waals surface area (Å²) < 4.78 is 50.2. The van der Waals surface area contributed by atoms with E-state index in [-0.39, 0.29) is 29.3 Å². The lowest BCUT2D eigenvalue weighted by molar-refractivity contribution is 0.669. The van der Waals surface area contributed by atoms with Gasteiger partial charge in [-0.1, -0.05) is 103 Å². The lowest BCUT2D eigenvalue weighted by Gasteiger charge is -2.08. The van der Waals surface area contributed by atoms with Crippen molar-refractivity contribution >= 4 is 43.7 Å². The van der Waals surface area contributed by atoms with Crippen LogP contribution in [0.25, 0.3) is 83.6 Å². The van der Waals surface area contributed by atoms with Crippen LogP contribution in [-0.2, 0) is 0 Å². The van der Waals surface area contributed by atoms with Gasteiger partial charge in [-0.25, -0.2) is 15.0 Å². The van der Waals surface area contributed by atoms with Crippen molar-refractivity contribution in [3.05, 3.63) is 145 Å². The molecule has 9 aromatic rings. The van der Waals surface area contributed by atoms with Crippen LogP contribution in [0, 0.1) is 0 Å². The third kappa shape index (κ3) is 3.91. The van der Waals surface area contributed by atoms with E-state index < -0.39 is 18.1 Å². The number of rotatable bonds is 4. The molecule has 3 heterocycles. The Labute approximate surface area is 259 Å². The van der Waals surface area contributed by atoms with E-state index >= 15 is 0 Å². The van der Waals surface area contributed by atoms with Gasteiger partial charge in [0.25, 0.3) is 0 Å². The zero-order valence-corrected chi connectivity index (χ0v) is 23.2. The Balaban J connectivity index is 1.22. The van der Waals surface area contributed by atoms with E-state index in [2.05, 4.69) is 75.2 Å². The van der Waals surface area contributed by atoms with Crippen LogP contribution in [0.4, 0.5) is 0 Å². The van der Waals surface area contributed by atoms with Gasteiger partial charge in [0.05, 0.1) is 17.9 Å². The van der Waals surface area contributed by atoms with E-state index in [1.54, 1.807) is 0 Å². The number of hydrogen-bond acceptors (Lipinski definition) is 4. The Hall–Kier alpha value is -6.07. The molecule has 5 heteroatoms. The van der Waals surface area contributed by atoms with Gasteiger partial charge in [-0.3, -0.25) is 0 Å². The summed E-state index contributed by atoms with van der Waals surface area (Å²) in [5.74, 6) is 0.582. The summed E-state index contributed by atoms with van der Waals surface area (Å²) in [5, 5.41) is 4.26. The van der Waals surface area contributed by atoms with Crippen molar-refractivity contribution < 1.29 is 11.3 Å². The SMILES string of the molecule is [2H]c1c([2H])c([2H])c(-c2nc(-c3ccccc3)nc(-c3ccc4c(c3)oc3ccc(-n5c6ccccc6c6ccccc65)cc34)n2)c([2H])c1[2H]. The van der Waals surface area contributed by atoms with Crippen molar-refractivity contribution in [3.63, 3.8) is 0 Å². The van der Waals surface area contributed by atoms with Crippen molar-refractivity contribution in [1.82, 2.24) is 19.5 Å². The van der Waals surface area contributed by atoms with Crippen molar-refractivity contribution in [2.24, 2.45) is 0 Å². The minimum Gasteiger partial charge on any atom is -0.456 e. The maximum Gasteiger partial charge on any atom is 0.164 e. The first-order chi connectivity index (χ1) is 23.9.